The normalized spacial score (nSPS) is 16.5. The minimum Gasteiger partial charge on any atom is -0.357 e. The van der Waals surface area contributed by atoms with Crippen LogP contribution in [0.15, 0.2) is 24.3 Å². The van der Waals surface area contributed by atoms with Crippen molar-refractivity contribution < 1.29 is 0 Å². The number of rotatable bonds is 3. The standard InChI is InChI=1S/C14H19N5/c1-15-14-16-12-8-4-3-7-11(12)13(17-14)18-19-9-5-2-6-10-19/h3-4,7-8H,2,5-6,9-10H2,1H3,(H2,15,16,17,18). The summed E-state index contributed by atoms with van der Waals surface area (Å²) in [6.45, 7) is 2.15. The van der Waals surface area contributed by atoms with Gasteiger partial charge in [-0.05, 0) is 25.0 Å². The lowest BCUT2D eigenvalue weighted by Crippen LogP contribution is -2.35. The van der Waals surface area contributed by atoms with Gasteiger partial charge in [0.2, 0.25) is 5.95 Å². The van der Waals surface area contributed by atoms with Crippen molar-refractivity contribution in [1.82, 2.24) is 15.0 Å². The molecule has 0 amide bonds. The third-order valence-corrected chi connectivity index (χ3v) is 3.45. The first kappa shape index (κ1) is 12.2. The molecular formula is C14H19N5. The van der Waals surface area contributed by atoms with E-state index in [-0.39, 0.29) is 0 Å². The average molecular weight is 257 g/mol. The van der Waals surface area contributed by atoms with E-state index in [2.05, 4.69) is 31.8 Å². The molecule has 0 bridgehead atoms. The van der Waals surface area contributed by atoms with E-state index in [1.165, 1.54) is 19.3 Å². The predicted octanol–water partition coefficient (Wildman–Crippen LogP) is 2.48. The van der Waals surface area contributed by atoms with Gasteiger partial charge in [-0.1, -0.05) is 18.6 Å². The monoisotopic (exact) mass is 257 g/mol. The summed E-state index contributed by atoms with van der Waals surface area (Å²) >= 11 is 0. The van der Waals surface area contributed by atoms with Crippen molar-refractivity contribution in [2.24, 2.45) is 0 Å². The highest BCUT2D eigenvalue weighted by atomic mass is 15.5. The summed E-state index contributed by atoms with van der Waals surface area (Å²) in [5, 5.41) is 6.33. The maximum atomic E-state index is 4.54. The molecule has 1 aliphatic rings. The van der Waals surface area contributed by atoms with E-state index in [1.807, 2.05) is 25.2 Å². The lowest BCUT2D eigenvalue weighted by molar-refractivity contribution is 0.272. The first-order valence-corrected chi connectivity index (χ1v) is 6.83. The van der Waals surface area contributed by atoms with Gasteiger partial charge in [0.25, 0.3) is 0 Å². The molecule has 1 aliphatic heterocycles. The van der Waals surface area contributed by atoms with Crippen LogP contribution < -0.4 is 10.7 Å². The molecule has 5 nitrogen and oxygen atoms in total. The minimum atomic E-state index is 0.651. The van der Waals surface area contributed by atoms with Crippen LogP contribution in [0.5, 0.6) is 0 Å². The first-order chi connectivity index (χ1) is 9.36. The van der Waals surface area contributed by atoms with Crippen LogP contribution in [0.2, 0.25) is 0 Å². The number of hydrogen-bond acceptors (Lipinski definition) is 5. The molecule has 0 aliphatic carbocycles. The van der Waals surface area contributed by atoms with Crippen LogP contribution >= 0.6 is 0 Å². The van der Waals surface area contributed by atoms with Crippen LogP contribution in [0.3, 0.4) is 0 Å². The fraction of sp³-hybridized carbons (Fsp3) is 0.429. The van der Waals surface area contributed by atoms with Crippen molar-refractivity contribution in [3.63, 3.8) is 0 Å². The Morgan fingerprint density at radius 1 is 1.05 bits per heavy atom. The average Bonchev–Trinajstić information content (AvgIpc) is 2.48. The van der Waals surface area contributed by atoms with Crippen LogP contribution in [-0.4, -0.2) is 35.1 Å². The summed E-state index contributed by atoms with van der Waals surface area (Å²) in [7, 11) is 1.84. The van der Waals surface area contributed by atoms with Crippen molar-refractivity contribution in [2.45, 2.75) is 19.3 Å². The number of benzene rings is 1. The number of piperidine rings is 1. The Morgan fingerprint density at radius 3 is 2.63 bits per heavy atom. The molecule has 0 atom stereocenters. The predicted molar refractivity (Wildman–Crippen MR) is 78.1 cm³/mol. The van der Waals surface area contributed by atoms with Crippen molar-refractivity contribution in [3.05, 3.63) is 24.3 Å². The molecule has 5 heteroatoms. The molecule has 0 radical (unpaired) electrons. The van der Waals surface area contributed by atoms with E-state index in [0.29, 0.717) is 5.95 Å². The van der Waals surface area contributed by atoms with Crippen LogP contribution in [0, 0.1) is 0 Å². The van der Waals surface area contributed by atoms with Gasteiger partial charge in [0, 0.05) is 25.5 Å². The Labute approximate surface area is 113 Å². The molecular weight excluding hydrogens is 238 g/mol. The van der Waals surface area contributed by atoms with Gasteiger partial charge in [0.05, 0.1) is 5.52 Å². The third kappa shape index (κ3) is 2.61. The molecule has 2 N–H and O–H groups in total. The molecule has 1 saturated heterocycles. The molecule has 1 fully saturated rings. The number of para-hydroxylation sites is 1. The molecule has 19 heavy (non-hydrogen) atoms. The van der Waals surface area contributed by atoms with Gasteiger partial charge in [-0.2, -0.15) is 4.98 Å². The highest BCUT2D eigenvalue weighted by molar-refractivity contribution is 5.89. The quantitative estimate of drug-likeness (QED) is 0.884. The molecule has 3 rings (SSSR count). The second kappa shape index (κ2) is 5.40. The van der Waals surface area contributed by atoms with E-state index in [1.54, 1.807) is 0 Å². The highest BCUT2D eigenvalue weighted by Gasteiger charge is 2.13. The van der Waals surface area contributed by atoms with Crippen LogP contribution in [0.1, 0.15) is 19.3 Å². The summed E-state index contributed by atoms with van der Waals surface area (Å²) in [6, 6.07) is 8.09. The maximum absolute atomic E-state index is 4.54. The van der Waals surface area contributed by atoms with Crippen molar-refractivity contribution in [1.29, 1.82) is 0 Å². The van der Waals surface area contributed by atoms with Crippen LogP contribution in [0.25, 0.3) is 10.9 Å². The van der Waals surface area contributed by atoms with E-state index in [0.717, 1.165) is 29.8 Å². The van der Waals surface area contributed by atoms with E-state index in [4.69, 9.17) is 0 Å². The number of anilines is 2. The Bertz CT molecular complexity index is 563. The number of nitrogens with zero attached hydrogens (tertiary/aromatic N) is 3. The summed E-state index contributed by atoms with van der Waals surface area (Å²) in [6.07, 6.45) is 3.81. The van der Waals surface area contributed by atoms with Gasteiger partial charge >= 0.3 is 0 Å². The SMILES string of the molecule is CNc1nc(NN2CCCCC2)c2ccccc2n1. The number of hydrogen-bond donors (Lipinski definition) is 2. The molecule has 0 unspecified atom stereocenters. The Hall–Kier alpha value is -1.88. The van der Waals surface area contributed by atoms with E-state index >= 15 is 0 Å². The van der Waals surface area contributed by atoms with E-state index in [9.17, 15) is 0 Å². The third-order valence-electron chi connectivity index (χ3n) is 3.45. The summed E-state index contributed by atoms with van der Waals surface area (Å²) in [4.78, 5) is 9.01. The topological polar surface area (TPSA) is 53.1 Å². The number of nitrogens with one attached hydrogen (secondary N) is 2. The first-order valence-electron chi connectivity index (χ1n) is 6.83. The zero-order chi connectivity index (χ0) is 13.1. The molecule has 2 aromatic rings. The molecule has 1 aromatic heterocycles. The number of fused-ring (bicyclic) bond motifs is 1. The van der Waals surface area contributed by atoms with Gasteiger partial charge < -0.3 is 10.7 Å². The zero-order valence-corrected chi connectivity index (χ0v) is 11.2. The second-order valence-corrected chi connectivity index (χ2v) is 4.82. The fourth-order valence-corrected chi connectivity index (χ4v) is 2.43. The summed E-state index contributed by atoms with van der Waals surface area (Å²) in [5.74, 6) is 1.54. The molecule has 100 valence electrons. The minimum absolute atomic E-state index is 0.651. The fourth-order valence-electron chi connectivity index (χ4n) is 2.43. The van der Waals surface area contributed by atoms with Crippen molar-refractivity contribution >= 4 is 22.7 Å². The van der Waals surface area contributed by atoms with Crippen molar-refractivity contribution in [3.8, 4) is 0 Å². The lowest BCUT2D eigenvalue weighted by atomic mass is 10.2. The maximum Gasteiger partial charge on any atom is 0.225 e. The van der Waals surface area contributed by atoms with Crippen molar-refractivity contribution in [2.75, 3.05) is 30.9 Å². The Balaban J connectivity index is 1.95. The molecule has 0 spiro atoms. The van der Waals surface area contributed by atoms with Gasteiger partial charge in [-0.25, -0.2) is 9.99 Å². The smallest absolute Gasteiger partial charge is 0.225 e. The Morgan fingerprint density at radius 2 is 1.84 bits per heavy atom. The lowest BCUT2D eigenvalue weighted by Gasteiger charge is -2.27. The van der Waals surface area contributed by atoms with E-state index < -0.39 is 0 Å². The summed E-state index contributed by atoms with van der Waals surface area (Å²) in [5.41, 5.74) is 4.40. The summed E-state index contributed by atoms with van der Waals surface area (Å²) < 4.78 is 0. The largest absolute Gasteiger partial charge is 0.357 e. The Kier molecular flexibility index (Phi) is 3.46. The molecule has 2 heterocycles. The molecule has 0 saturated carbocycles. The molecule has 1 aromatic carbocycles. The number of aromatic nitrogens is 2. The highest BCUT2D eigenvalue weighted by Crippen LogP contribution is 2.22. The number of hydrazine groups is 1. The van der Waals surface area contributed by atoms with Crippen LogP contribution in [0.4, 0.5) is 11.8 Å². The second-order valence-electron chi connectivity index (χ2n) is 4.82. The van der Waals surface area contributed by atoms with Gasteiger partial charge in [-0.3, -0.25) is 0 Å². The van der Waals surface area contributed by atoms with Gasteiger partial charge in [0.15, 0.2) is 5.82 Å². The van der Waals surface area contributed by atoms with Gasteiger partial charge in [0.1, 0.15) is 0 Å². The van der Waals surface area contributed by atoms with Crippen LogP contribution in [-0.2, 0) is 0 Å². The van der Waals surface area contributed by atoms with Gasteiger partial charge in [-0.15, -0.1) is 0 Å². The zero-order valence-electron chi connectivity index (χ0n) is 11.2.